The van der Waals surface area contributed by atoms with E-state index < -0.39 is 29.0 Å². The SMILES string of the molecule is CCNC(=NCC(=O)Nc1ccc(F)c(F)c1F)N(C)Cc1ccc(OC)cc1OC.I. The molecule has 0 saturated heterocycles. The summed E-state index contributed by atoms with van der Waals surface area (Å²) in [6.45, 7) is 2.47. The fraction of sp³-hybridized carbons (Fsp3) is 0.333. The fourth-order valence-electron chi connectivity index (χ4n) is 2.74. The highest BCUT2D eigenvalue weighted by atomic mass is 127. The van der Waals surface area contributed by atoms with Gasteiger partial charge in [-0.3, -0.25) is 4.79 Å². The summed E-state index contributed by atoms with van der Waals surface area (Å²) in [4.78, 5) is 18.1. The van der Waals surface area contributed by atoms with Crippen molar-refractivity contribution in [2.24, 2.45) is 4.99 Å². The lowest BCUT2D eigenvalue weighted by Crippen LogP contribution is -2.39. The molecule has 0 radical (unpaired) electrons. The van der Waals surface area contributed by atoms with Crippen molar-refractivity contribution in [3.05, 3.63) is 53.3 Å². The van der Waals surface area contributed by atoms with E-state index >= 15 is 0 Å². The molecule has 0 aliphatic carbocycles. The number of benzene rings is 2. The summed E-state index contributed by atoms with van der Waals surface area (Å²) >= 11 is 0. The Kier molecular flexibility index (Phi) is 11.1. The normalized spacial score (nSPS) is 10.8. The molecule has 7 nitrogen and oxygen atoms in total. The molecule has 0 heterocycles. The smallest absolute Gasteiger partial charge is 0.246 e. The molecule has 2 aromatic rings. The first-order valence-electron chi connectivity index (χ1n) is 9.44. The van der Waals surface area contributed by atoms with Gasteiger partial charge in [0.1, 0.15) is 18.0 Å². The number of amides is 1. The van der Waals surface area contributed by atoms with Gasteiger partial charge in [0.05, 0.1) is 19.9 Å². The van der Waals surface area contributed by atoms with Crippen molar-refractivity contribution in [3.8, 4) is 11.5 Å². The number of anilines is 1. The van der Waals surface area contributed by atoms with Crippen molar-refractivity contribution in [2.75, 3.05) is 39.7 Å². The maximum atomic E-state index is 13.7. The Bertz CT molecular complexity index is 960. The second-order valence-electron chi connectivity index (χ2n) is 6.48. The van der Waals surface area contributed by atoms with Crippen LogP contribution >= 0.6 is 24.0 Å². The molecule has 0 atom stereocenters. The van der Waals surface area contributed by atoms with Gasteiger partial charge in [0.25, 0.3) is 0 Å². The van der Waals surface area contributed by atoms with E-state index in [0.29, 0.717) is 30.5 Å². The summed E-state index contributed by atoms with van der Waals surface area (Å²) < 4.78 is 50.7. The Balaban J connectivity index is 0.00000512. The lowest BCUT2D eigenvalue weighted by atomic mass is 10.2. The second-order valence-corrected chi connectivity index (χ2v) is 6.48. The van der Waals surface area contributed by atoms with E-state index in [-0.39, 0.29) is 30.5 Å². The zero-order chi connectivity index (χ0) is 23.0. The number of methoxy groups -OCH3 is 2. The van der Waals surface area contributed by atoms with Gasteiger partial charge < -0.3 is 25.0 Å². The minimum absolute atomic E-state index is 0. The Morgan fingerprint density at radius 2 is 1.81 bits per heavy atom. The molecule has 2 aromatic carbocycles. The molecule has 32 heavy (non-hydrogen) atoms. The summed E-state index contributed by atoms with van der Waals surface area (Å²) in [7, 11) is 4.89. The van der Waals surface area contributed by atoms with Crippen molar-refractivity contribution in [1.82, 2.24) is 10.2 Å². The molecule has 0 aliphatic rings. The van der Waals surface area contributed by atoms with E-state index in [4.69, 9.17) is 9.47 Å². The van der Waals surface area contributed by atoms with Gasteiger partial charge in [0.2, 0.25) is 5.91 Å². The van der Waals surface area contributed by atoms with Crippen LogP contribution in [0, 0.1) is 17.5 Å². The van der Waals surface area contributed by atoms with Crippen molar-refractivity contribution in [1.29, 1.82) is 0 Å². The predicted octanol–water partition coefficient (Wildman–Crippen LogP) is 3.78. The monoisotopic (exact) mass is 566 g/mol. The maximum Gasteiger partial charge on any atom is 0.246 e. The van der Waals surface area contributed by atoms with Crippen LogP contribution < -0.4 is 20.1 Å². The van der Waals surface area contributed by atoms with Crippen molar-refractivity contribution in [2.45, 2.75) is 13.5 Å². The van der Waals surface area contributed by atoms with Gasteiger partial charge in [0, 0.05) is 31.8 Å². The van der Waals surface area contributed by atoms with Crippen LogP contribution in [-0.2, 0) is 11.3 Å². The molecular formula is C21H26F3IN4O3. The van der Waals surface area contributed by atoms with Gasteiger partial charge in [-0.15, -0.1) is 24.0 Å². The van der Waals surface area contributed by atoms with E-state index in [1.54, 1.807) is 38.3 Å². The first kappa shape index (κ1) is 27.3. The van der Waals surface area contributed by atoms with Gasteiger partial charge in [-0.1, -0.05) is 0 Å². The van der Waals surface area contributed by atoms with Gasteiger partial charge in [-0.2, -0.15) is 0 Å². The minimum Gasteiger partial charge on any atom is -0.497 e. The average molecular weight is 566 g/mol. The van der Waals surface area contributed by atoms with E-state index in [2.05, 4.69) is 15.6 Å². The molecule has 0 unspecified atom stereocenters. The lowest BCUT2D eigenvalue weighted by Gasteiger charge is -2.23. The minimum atomic E-state index is -1.65. The summed E-state index contributed by atoms with van der Waals surface area (Å²) in [5.74, 6) is -3.43. The van der Waals surface area contributed by atoms with Gasteiger partial charge >= 0.3 is 0 Å². The van der Waals surface area contributed by atoms with Gasteiger partial charge in [-0.25, -0.2) is 18.2 Å². The molecule has 0 fully saturated rings. The van der Waals surface area contributed by atoms with Crippen LogP contribution in [0.2, 0.25) is 0 Å². The first-order valence-corrected chi connectivity index (χ1v) is 9.44. The van der Waals surface area contributed by atoms with E-state index in [1.807, 2.05) is 13.0 Å². The van der Waals surface area contributed by atoms with E-state index in [0.717, 1.165) is 17.7 Å². The molecule has 2 rings (SSSR count). The number of ether oxygens (including phenoxy) is 2. The number of nitrogens with zero attached hydrogens (tertiary/aromatic N) is 2. The number of hydrogen-bond donors (Lipinski definition) is 2. The lowest BCUT2D eigenvalue weighted by molar-refractivity contribution is -0.114. The highest BCUT2D eigenvalue weighted by Crippen LogP contribution is 2.25. The molecule has 0 spiro atoms. The molecule has 0 aliphatic heterocycles. The average Bonchev–Trinajstić information content (AvgIpc) is 2.77. The quantitative estimate of drug-likeness (QED) is 0.220. The van der Waals surface area contributed by atoms with Gasteiger partial charge in [-0.05, 0) is 31.2 Å². The number of carbonyl (C=O) groups is 1. The maximum absolute atomic E-state index is 13.7. The number of nitrogens with one attached hydrogen (secondary N) is 2. The van der Waals surface area contributed by atoms with Crippen molar-refractivity contribution >= 4 is 41.5 Å². The topological polar surface area (TPSA) is 75.2 Å². The molecule has 11 heteroatoms. The van der Waals surface area contributed by atoms with Crippen LogP contribution in [0.15, 0.2) is 35.3 Å². The molecule has 0 aromatic heterocycles. The molecule has 0 saturated carbocycles. The highest BCUT2D eigenvalue weighted by molar-refractivity contribution is 14.0. The van der Waals surface area contributed by atoms with Crippen LogP contribution in [0.25, 0.3) is 0 Å². The van der Waals surface area contributed by atoms with E-state index in [9.17, 15) is 18.0 Å². The van der Waals surface area contributed by atoms with Crippen LogP contribution in [0.3, 0.4) is 0 Å². The van der Waals surface area contributed by atoms with E-state index in [1.165, 1.54) is 0 Å². The molecule has 176 valence electrons. The Morgan fingerprint density at radius 1 is 1.09 bits per heavy atom. The third-order valence-corrected chi connectivity index (χ3v) is 4.28. The molecule has 1 amide bonds. The predicted molar refractivity (Wildman–Crippen MR) is 127 cm³/mol. The molecular weight excluding hydrogens is 540 g/mol. The van der Waals surface area contributed by atoms with Crippen molar-refractivity contribution < 1.29 is 27.4 Å². The Morgan fingerprint density at radius 3 is 2.44 bits per heavy atom. The number of halogens is 4. The van der Waals surface area contributed by atoms with Gasteiger partial charge in [0.15, 0.2) is 23.4 Å². The Labute approximate surface area is 202 Å². The number of hydrogen-bond acceptors (Lipinski definition) is 4. The van der Waals surface area contributed by atoms with Crippen LogP contribution in [0.5, 0.6) is 11.5 Å². The summed E-state index contributed by atoms with van der Waals surface area (Å²) in [5, 5.41) is 5.24. The van der Waals surface area contributed by atoms with Crippen LogP contribution in [0.4, 0.5) is 18.9 Å². The third kappa shape index (κ3) is 7.18. The Hall–Kier alpha value is -2.70. The zero-order valence-electron chi connectivity index (χ0n) is 18.2. The third-order valence-electron chi connectivity index (χ3n) is 4.28. The second kappa shape index (κ2) is 13.0. The molecule has 2 N–H and O–H groups in total. The highest BCUT2D eigenvalue weighted by Gasteiger charge is 2.16. The number of rotatable bonds is 8. The zero-order valence-corrected chi connectivity index (χ0v) is 20.5. The standard InChI is InChI=1S/C21H25F3N4O3.HI/c1-5-25-21(28(2)12-13-6-7-14(30-3)10-17(13)31-4)26-11-18(29)27-16-9-8-15(22)19(23)20(16)24;/h6-10H,5,11-12H2,1-4H3,(H,25,26)(H,27,29);1H. The summed E-state index contributed by atoms with van der Waals surface area (Å²) in [6.07, 6.45) is 0. The molecule has 0 bridgehead atoms. The number of aliphatic imine (C=N–C) groups is 1. The number of guanidine groups is 1. The van der Waals surface area contributed by atoms with Crippen LogP contribution in [-0.4, -0.2) is 51.1 Å². The van der Waals surface area contributed by atoms with Crippen LogP contribution in [0.1, 0.15) is 12.5 Å². The van der Waals surface area contributed by atoms with Crippen molar-refractivity contribution in [3.63, 3.8) is 0 Å². The fourth-order valence-corrected chi connectivity index (χ4v) is 2.74. The largest absolute Gasteiger partial charge is 0.497 e. The summed E-state index contributed by atoms with van der Waals surface area (Å²) in [6, 6.07) is 7.10. The number of carbonyl (C=O) groups excluding carboxylic acids is 1. The summed E-state index contributed by atoms with van der Waals surface area (Å²) in [5.41, 5.74) is 0.408. The first-order chi connectivity index (χ1) is 14.8.